The van der Waals surface area contributed by atoms with E-state index in [-0.39, 0.29) is 0 Å². The molecule has 1 heteroatoms. The van der Waals surface area contributed by atoms with Gasteiger partial charge in [-0.1, -0.05) is 44.3 Å². The van der Waals surface area contributed by atoms with Crippen molar-refractivity contribution < 1.29 is 0 Å². The average Bonchev–Trinajstić information content (AvgIpc) is 2.27. The zero-order chi connectivity index (χ0) is 10.4. The molecular weight excluding hydrogens is 179 g/mol. The van der Waals surface area contributed by atoms with Crippen molar-refractivity contribution in [2.24, 2.45) is 10.8 Å². The number of rotatable bonds is 0. The molecule has 3 fully saturated rings. The highest BCUT2D eigenvalue weighted by molar-refractivity contribution is 6.11. The highest BCUT2D eigenvalue weighted by Gasteiger charge is 2.54. The van der Waals surface area contributed by atoms with Gasteiger partial charge < -0.3 is 0 Å². The van der Waals surface area contributed by atoms with Gasteiger partial charge in [0.05, 0.1) is 7.85 Å². The maximum atomic E-state index is 6.24. The Balaban J connectivity index is 1.93. The molecule has 0 amide bonds. The fourth-order valence-corrected chi connectivity index (χ4v) is 5.17. The van der Waals surface area contributed by atoms with Gasteiger partial charge in [-0.25, -0.2) is 0 Å². The molecule has 0 spiro atoms. The molecule has 2 radical (unpaired) electrons. The van der Waals surface area contributed by atoms with E-state index in [4.69, 9.17) is 7.85 Å². The molecule has 0 aromatic carbocycles. The molecule has 3 aliphatic carbocycles. The van der Waals surface area contributed by atoms with Gasteiger partial charge in [0.15, 0.2) is 0 Å². The van der Waals surface area contributed by atoms with Crippen LogP contribution >= 0.6 is 0 Å². The quantitative estimate of drug-likeness (QED) is 0.515. The van der Waals surface area contributed by atoms with Crippen LogP contribution in [0.5, 0.6) is 0 Å². The summed E-state index contributed by atoms with van der Waals surface area (Å²) in [6, 6.07) is 0. The normalized spacial score (nSPS) is 50.5. The average molecular weight is 202 g/mol. The highest BCUT2D eigenvalue weighted by atomic mass is 14.6. The maximum absolute atomic E-state index is 6.24. The van der Waals surface area contributed by atoms with Crippen LogP contribution in [0.3, 0.4) is 0 Å². The van der Waals surface area contributed by atoms with Gasteiger partial charge in [0.25, 0.3) is 0 Å². The number of hydrogen-bond acceptors (Lipinski definition) is 0. The minimum Gasteiger partial charge on any atom is -0.0768 e. The van der Waals surface area contributed by atoms with Crippen molar-refractivity contribution >= 4 is 7.85 Å². The minimum atomic E-state index is 0.523. The summed E-state index contributed by atoms with van der Waals surface area (Å²) in [5.74, 6) is 0.523. The lowest BCUT2D eigenvalue weighted by Crippen LogP contribution is -2.50. The fraction of sp³-hybridized carbons (Fsp3) is 1.00. The summed E-state index contributed by atoms with van der Waals surface area (Å²) >= 11 is 0. The van der Waals surface area contributed by atoms with Crippen molar-refractivity contribution in [2.45, 2.75) is 76.4 Å². The Morgan fingerprint density at radius 3 is 1.87 bits per heavy atom. The first kappa shape index (κ1) is 10.2. The van der Waals surface area contributed by atoms with Crippen LogP contribution in [0, 0.1) is 10.8 Å². The van der Waals surface area contributed by atoms with Crippen LogP contribution in [0.15, 0.2) is 0 Å². The summed E-state index contributed by atoms with van der Waals surface area (Å²) in [5, 5.41) is 0. The Bertz CT molecular complexity index is 234. The fourth-order valence-electron chi connectivity index (χ4n) is 5.17. The Hall–Kier alpha value is 0.0649. The lowest BCUT2D eigenvalue weighted by molar-refractivity contribution is -0.0897. The van der Waals surface area contributed by atoms with E-state index in [0.717, 1.165) is 5.41 Å². The molecule has 0 saturated heterocycles. The summed E-state index contributed by atoms with van der Waals surface area (Å²) in [5.41, 5.74) is 1.44. The van der Waals surface area contributed by atoms with Crippen LogP contribution in [0.25, 0.3) is 0 Å². The summed E-state index contributed by atoms with van der Waals surface area (Å²) < 4.78 is 0. The van der Waals surface area contributed by atoms with Crippen LogP contribution in [-0.2, 0) is 0 Å². The predicted octanol–water partition coefficient (Wildman–Crippen LogP) is 4.25. The standard InChI is InChI=1S/C14H23B/c15-12-5-10-13-6-1-3-8-14(13,11-12)9-4-2-7-13/h12H,1-11H2. The molecule has 0 bridgehead atoms. The molecule has 82 valence electrons. The summed E-state index contributed by atoms with van der Waals surface area (Å²) in [6.07, 6.45) is 16.1. The van der Waals surface area contributed by atoms with Gasteiger partial charge in [-0.15, -0.1) is 0 Å². The Kier molecular flexibility index (Phi) is 2.41. The zero-order valence-electron chi connectivity index (χ0n) is 9.93. The predicted molar refractivity (Wildman–Crippen MR) is 65.2 cm³/mol. The van der Waals surface area contributed by atoms with Crippen molar-refractivity contribution in [3.63, 3.8) is 0 Å². The third-order valence-corrected chi connectivity index (χ3v) is 5.89. The highest BCUT2D eigenvalue weighted by Crippen LogP contribution is 2.66. The van der Waals surface area contributed by atoms with Crippen molar-refractivity contribution in [3.8, 4) is 0 Å². The molecule has 0 aromatic heterocycles. The SMILES string of the molecule is [B]C1CCC23CCCCC2(CCCC3)C1. The maximum Gasteiger partial charge on any atom is 0.0699 e. The van der Waals surface area contributed by atoms with Crippen molar-refractivity contribution in [1.82, 2.24) is 0 Å². The molecule has 0 N–H and O–H groups in total. The van der Waals surface area contributed by atoms with E-state index in [2.05, 4.69) is 0 Å². The first-order valence-corrected chi connectivity index (χ1v) is 7.02. The second kappa shape index (κ2) is 3.53. The second-order valence-electron chi connectivity index (χ2n) is 6.48. The molecule has 3 rings (SSSR count). The van der Waals surface area contributed by atoms with E-state index in [0.29, 0.717) is 11.2 Å². The van der Waals surface area contributed by atoms with E-state index in [1.165, 1.54) is 70.6 Å². The smallest absolute Gasteiger partial charge is 0.0699 e. The second-order valence-corrected chi connectivity index (χ2v) is 6.48. The summed E-state index contributed by atoms with van der Waals surface area (Å²) in [7, 11) is 6.24. The molecular formula is C14H23B. The van der Waals surface area contributed by atoms with Crippen LogP contribution in [0.2, 0.25) is 5.82 Å². The molecule has 0 heterocycles. The lowest BCUT2D eigenvalue weighted by atomic mass is 9.42. The lowest BCUT2D eigenvalue weighted by Gasteiger charge is -2.61. The molecule has 1 atom stereocenters. The van der Waals surface area contributed by atoms with Gasteiger partial charge >= 0.3 is 0 Å². The van der Waals surface area contributed by atoms with E-state index < -0.39 is 0 Å². The molecule has 3 aliphatic rings. The molecule has 0 aromatic rings. The Labute approximate surface area is 95.6 Å². The zero-order valence-corrected chi connectivity index (χ0v) is 9.93. The van der Waals surface area contributed by atoms with Crippen LogP contribution in [0.4, 0.5) is 0 Å². The van der Waals surface area contributed by atoms with Gasteiger partial charge in [-0.2, -0.15) is 0 Å². The van der Waals surface area contributed by atoms with Gasteiger partial charge in [0, 0.05) is 0 Å². The van der Waals surface area contributed by atoms with Crippen molar-refractivity contribution in [2.75, 3.05) is 0 Å². The minimum absolute atomic E-state index is 0.523. The third kappa shape index (κ3) is 1.41. The van der Waals surface area contributed by atoms with Gasteiger partial charge in [-0.3, -0.25) is 0 Å². The molecule has 15 heavy (non-hydrogen) atoms. The third-order valence-electron chi connectivity index (χ3n) is 5.89. The van der Waals surface area contributed by atoms with Crippen molar-refractivity contribution in [1.29, 1.82) is 0 Å². The molecule has 0 aliphatic heterocycles. The monoisotopic (exact) mass is 202 g/mol. The van der Waals surface area contributed by atoms with Crippen LogP contribution < -0.4 is 0 Å². The van der Waals surface area contributed by atoms with E-state index >= 15 is 0 Å². The number of hydrogen-bond donors (Lipinski definition) is 0. The Morgan fingerprint density at radius 1 is 0.733 bits per heavy atom. The van der Waals surface area contributed by atoms with Crippen LogP contribution in [0.1, 0.15) is 70.6 Å². The Morgan fingerprint density at radius 2 is 1.27 bits per heavy atom. The molecule has 0 nitrogen and oxygen atoms in total. The van der Waals surface area contributed by atoms with E-state index in [9.17, 15) is 0 Å². The van der Waals surface area contributed by atoms with E-state index in [1.54, 1.807) is 0 Å². The largest absolute Gasteiger partial charge is 0.0768 e. The van der Waals surface area contributed by atoms with Gasteiger partial charge in [-0.05, 0) is 42.9 Å². The first-order chi connectivity index (χ1) is 7.27. The van der Waals surface area contributed by atoms with Gasteiger partial charge in [0.1, 0.15) is 0 Å². The topological polar surface area (TPSA) is 0 Å². The van der Waals surface area contributed by atoms with Crippen LogP contribution in [-0.4, -0.2) is 7.85 Å². The first-order valence-electron chi connectivity index (χ1n) is 7.02. The molecule has 1 unspecified atom stereocenters. The van der Waals surface area contributed by atoms with Crippen molar-refractivity contribution in [3.05, 3.63) is 0 Å². The summed E-state index contributed by atoms with van der Waals surface area (Å²) in [6.45, 7) is 0. The van der Waals surface area contributed by atoms with E-state index in [1.807, 2.05) is 0 Å². The van der Waals surface area contributed by atoms with Gasteiger partial charge in [0.2, 0.25) is 0 Å². The molecule has 3 saturated carbocycles. The summed E-state index contributed by atoms with van der Waals surface area (Å²) in [4.78, 5) is 0.